The molecule has 0 saturated heterocycles. The Kier molecular flexibility index (Phi) is 6.36. The van der Waals surface area contributed by atoms with Crippen LogP contribution in [0.1, 0.15) is 12.0 Å². The van der Waals surface area contributed by atoms with E-state index in [2.05, 4.69) is 46.3 Å². The quantitative estimate of drug-likeness (QED) is 0.812. The molecule has 1 aromatic rings. The van der Waals surface area contributed by atoms with Crippen molar-refractivity contribution in [3.63, 3.8) is 0 Å². The van der Waals surface area contributed by atoms with Gasteiger partial charge in [0.2, 0.25) is 0 Å². The maximum Gasteiger partial charge on any atom is 0.0420 e. The molecule has 4 heteroatoms. The Hall–Kier alpha value is -0.0900. The van der Waals surface area contributed by atoms with Crippen LogP contribution < -0.4 is 5.32 Å². The molecule has 0 heterocycles. The molecule has 0 fully saturated rings. The third kappa shape index (κ3) is 5.85. The number of rotatable bonds is 6. The SMILES string of the molecule is CN(C)CCCNCc1cc(Cl)cc(Br)c1. The summed E-state index contributed by atoms with van der Waals surface area (Å²) in [6.07, 6.45) is 1.16. The molecule has 0 amide bonds. The van der Waals surface area contributed by atoms with E-state index in [1.165, 1.54) is 5.56 Å². The average Bonchev–Trinajstić information content (AvgIpc) is 2.15. The summed E-state index contributed by atoms with van der Waals surface area (Å²) in [6, 6.07) is 5.98. The van der Waals surface area contributed by atoms with Crippen molar-refractivity contribution < 1.29 is 0 Å². The molecule has 0 unspecified atom stereocenters. The maximum absolute atomic E-state index is 5.97. The van der Waals surface area contributed by atoms with Gasteiger partial charge in [0.25, 0.3) is 0 Å². The van der Waals surface area contributed by atoms with Gasteiger partial charge in [0, 0.05) is 16.0 Å². The first-order chi connectivity index (χ1) is 7.58. The Morgan fingerprint density at radius 3 is 2.69 bits per heavy atom. The largest absolute Gasteiger partial charge is 0.313 e. The van der Waals surface area contributed by atoms with Crippen molar-refractivity contribution in [2.75, 3.05) is 27.2 Å². The fourth-order valence-electron chi connectivity index (χ4n) is 1.47. The van der Waals surface area contributed by atoms with Crippen LogP contribution in [-0.2, 0) is 6.54 Å². The molecule has 90 valence electrons. The van der Waals surface area contributed by atoms with E-state index in [4.69, 9.17) is 11.6 Å². The van der Waals surface area contributed by atoms with Gasteiger partial charge in [-0.15, -0.1) is 0 Å². The zero-order chi connectivity index (χ0) is 12.0. The van der Waals surface area contributed by atoms with Gasteiger partial charge in [-0.05, 0) is 57.4 Å². The number of nitrogens with one attached hydrogen (secondary N) is 1. The van der Waals surface area contributed by atoms with E-state index in [9.17, 15) is 0 Å². The average molecular weight is 306 g/mol. The van der Waals surface area contributed by atoms with Crippen LogP contribution in [0.5, 0.6) is 0 Å². The molecule has 0 radical (unpaired) electrons. The summed E-state index contributed by atoms with van der Waals surface area (Å²) < 4.78 is 1.03. The first-order valence-corrected chi connectivity index (χ1v) is 6.55. The van der Waals surface area contributed by atoms with Crippen molar-refractivity contribution in [3.05, 3.63) is 33.3 Å². The number of hydrogen-bond donors (Lipinski definition) is 1. The summed E-state index contributed by atoms with van der Waals surface area (Å²) in [5.41, 5.74) is 1.21. The highest BCUT2D eigenvalue weighted by Gasteiger charge is 1.97. The minimum Gasteiger partial charge on any atom is -0.313 e. The van der Waals surface area contributed by atoms with Gasteiger partial charge in [0.1, 0.15) is 0 Å². The van der Waals surface area contributed by atoms with Crippen LogP contribution in [0.15, 0.2) is 22.7 Å². The van der Waals surface area contributed by atoms with Gasteiger partial charge in [-0.1, -0.05) is 27.5 Å². The lowest BCUT2D eigenvalue weighted by Gasteiger charge is -2.10. The maximum atomic E-state index is 5.97. The third-order valence-electron chi connectivity index (χ3n) is 2.21. The van der Waals surface area contributed by atoms with E-state index < -0.39 is 0 Å². The van der Waals surface area contributed by atoms with Gasteiger partial charge in [0.05, 0.1) is 0 Å². The summed E-state index contributed by atoms with van der Waals surface area (Å²) in [4.78, 5) is 2.19. The summed E-state index contributed by atoms with van der Waals surface area (Å²) in [6.45, 7) is 3.02. The highest BCUT2D eigenvalue weighted by molar-refractivity contribution is 9.10. The molecule has 1 aromatic carbocycles. The monoisotopic (exact) mass is 304 g/mol. The Bertz CT molecular complexity index is 309. The lowest BCUT2D eigenvalue weighted by atomic mass is 10.2. The Labute approximate surface area is 111 Å². The molecule has 0 spiro atoms. The van der Waals surface area contributed by atoms with Crippen LogP contribution in [0.2, 0.25) is 5.02 Å². The van der Waals surface area contributed by atoms with Crippen LogP contribution in [0.4, 0.5) is 0 Å². The third-order valence-corrected chi connectivity index (χ3v) is 2.89. The zero-order valence-electron chi connectivity index (χ0n) is 9.76. The van der Waals surface area contributed by atoms with Gasteiger partial charge < -0.3 is 10.2 Å². The van der Waals surface area contributed by atoms with Gasteiger partial charge in [-0.2, -0.15) is 0 Å². The van der Waals surface area contributed by atoms with Gasteiger partial charge in [0.15, 0.2) is 0 Å². The predicted molar refractivity (Wildman–Crippen MR) is 74.0 cm³/mol. The number of hydrogen-bond acceptors (Lipinski definition) is 2. The Balaban J connectivity index is 2.26. The highest BCUT2D eigenvalue weighted by Crippen LogP contribution is 2.19. The van der Waals surface area contributed by atoms with Crippen molar-refractivity contribution in [3.8, 4) is 0 Å². The number of benzene rings is 1. The van der Waals surface area contributed by atoms with Crippen molar-refractivity contribution in [1.82, 2.24) is 10.2 Å². The predicted octanol–water partition coefficient (Wildman–Crippen LogP) is 3.14. The molecule has 0 saturated carbocycles. The fraction of sp³-hybridized carbons (Fsp3) is 0.500. The first kappa shape index (κ1) is 14.0. The standard InChI is InChI=1S/C12H18BrClN2/c1-16(2)5-3-4-15-9-10-6-11(13)8-12(14)7-10/h6-8,15H,3-5,9H2,1-2H3. The summed E-state index contributed by atoms with van der Waals surface area (Å²) in [5.74, 6) is 0. The van der Waals surface area contributed by atoms with Crippen LogP contribution in [0, 0.1) is 0 Å². The van der Waals surface area contributed by atoms with E-state index in [-0.39, 0.29) is 0 Å². The highest BCUT2D eigenvalue weighted by atomic mass is 79.9. The van der Waals surface area contributed by atoms with Crippen molar-refractivity contribution in [2.24, 2.45) is 0 Å². The number of nitrogens with zero attached hydrogens (tertiary/aromatic N) is 1. The normalized spacial score (nSPS) is 11.1. The molecule has 16 heavy (non-hydrogen) atoms. The molecule has 0 bridgehead atoms. The molecular formula is C12H18BrClN2. The van der Waals surface area contributed by atoms with Crippen LogP contribution in [-0.4, -0.2) is 32.1 Å². The second-order valence-corrected chi connectivity index (χ2v) is 5.46. The molecule has 0 aliphatic heterocycles. The molecule has 0 aliphatic carbocycles. The van der Waals surface area contributed by atoms with Crippen LogP contribution in [0.25, 0.3) is 0 Å². The fourth-order valence-corrected chi connectivity index (χ4v) is 2.40. The molecule has 0 atom stereocenters. The van der Waals surface area contributed by atoms with Crippen LogP contribution in [0.3, 0.4) is 0 Å². The zero-order valence-corrected chi connectivity index (χ0v) is 12.1. The van der Waals surface area contributed by atoms with E-state index in [1.54, 1.807) is 0 Å². The minimum absolute atomic E-state index is 0.777. The second-order valence-electron chi connectivity index (χ2n) is 4.11. The van der Waals surface area contributed by atoms with Gasteiger partial charge >= 0.3 is 0 Å². The van der Waals surface area contributed by atoms with Crippen molar-refractivity contribution >= 4 is 27.5 Å². The lowest BCUT2D eigenvalue weighted by molar-refractivity contribution is 0.394. The van der Waals surface area contributed by atoms with E-state index in [0.717, 1.165) is 35.6 Å². The summed E-state index contributed by atoms with van der Waals surface area (Å²) in [5, 5.41) is 4.18. The summed E-state index contributed by atoms with van der Waals surface area (Å²) in [7, 11) is 4.18. The molecule has 0 aliphatic rings. The molecule has 1 N–H and O–H groups in total. The van der Waals surface area contributed by atoms with E-state index in [1.807, 2.05) is 12.1 Å². The molecular weight excluding hydrogens is 288 g/mol. The van der Waals surface area contributed by atoms with Gasteiger partial charge in [-0.25, -0.2) is 0 Å². The smallest absolute Gasteiger partial charge is 0.0420 e. The van der Waals surface area contributed by atoms with Crippen molar-refractivity contribution in [1.29, 1.82) is 0 Å². The second kappa shape index (κ2) is 7.28. The molecule has 1 rings (SSSR count). The number of halogens is 2. The topological polar surface area (TPSA) is 15.3 Å². The Morgan fingerprint density at radius 1 is 1.31 bits per heavy atom. The Morgan fingerprint density at radius 2 is 2.06 bits per heavy atom. The summed E-state index contributed by atoms with van der Waals surface area (Å²) >= 11 is 9.40. The van der Waals surface area contributed by atoms with E-state index >= 15 is 0 Å². The van der Waals surface area contributed by atoms with Gasteiger partial charge in [-0.3, -0.25) is 0 Å². The first-order valence-electron chi connectivity index (χ1n) is 5.38. The van der Waals surface area contributed by atoms with Crippen molar-refractivity contribution in [2.45, 2.75) is 13.0 Å². The van der Waals surface area contributed by atoms with E-state index in [0.29, 0.717) is 0 Å². The van der Waals surface area contributed by atoms with Crippen LogP contribution >= 0.6 is 27.5 Å². The lowest BCUT2D eigenvalue weighted by Crippen LogP contribution is -2.20. The minimum atomic E-state index is 0.777. The molecule has 2 nitrogen and oxygen atoms in total. The molecule has 0 aromatic heterocycles.